The molecule has 0 atom stereocenters. The molecule has 0 aromatic heterocycles. The van der Waals surface area contributed by atoms with E-state index in [1.807, 2.05) is 0 Å². The van der Waals surface area contributed by atoms with Gasteiger partial charge in [-0.1, -0.05) is 30.3 Å². The van der Waals surface area contributed by atoms with Crippen LogP contribution in [0.1, 0.15) is 26.3 Å². The topological polar surface area (TPSA) is 100 Å². The zero-order chi connectivity index (χ0) is 24.8. The second-order valence-corrected chi connectivity index (χ2v) is 7.23. The van der Waals surface area contributed by atoms with Crippen molar-refractivity contribution in [2.24, 2.45) is 0 Å². The minimum Gasteiger partial charge on any atom is -0.486 e. The summed E-state index contributed by atoms with van der Waals surface area (Å²) < 4.78 is 45.5. The molecule has 35 heavy (non-hydrogen) atoms. The van der Waals surface area contributed by atoms with Crippen LogP contribution in [0.25, 0.3) is 0 Å². The summed E-state index contributed by atoms with van der Waals surface area (Å²) in [6.07, 6.45) is 0. The van der Waals surface area contributed by atoms with Gasteiger partial charge in [0, 0.05) is 11.1 Å². The fourth-order valence-corrected chi connectivity index (χ4v) is 3.36. The number of hydrogen-bond acceptors (Lipinski definition) is 7. The van der Waals surface area contributed by atoms with Gasteiger partial charge in [0.05, 0.1) is 11.3 Å². The molecule has 3 aromatic carbocycles. The summed E-state index contributed by atoms with van der Waals surface area (Å²) in [7, 11) is 0. The van der Waals surface area contributed by atoms with Crippen molar-refractivity contribution in [1.82, 2.24) is 0 Å². The number of fused-ring (bicyclic) bond motifs is 1. The van der Waals surface area contributed by atoms with Crippen molar-refractivity contribution in [1.29, 1.82) is 0 Å². The lowest BCUT2D eigenvalue weighted by Gasteiger charge is -2.18. The third-order valence-electron chi connectivity index (χ3n) is 4.91. The summed E-state index contributed by atoms with van der Waals surface area (Å²) in [5.74, 6) is -1.42. The zero-order valence-corrected chi connectivity index (χ0v) is 18.2. The Kier molecular flexibility index (Phi) is 7.20. The number of para-hydroxylation sites is 2. The smallest absolute Gasteiger partial charge is 0.387 e. The fraction of sp³-hybridized carbons (Fsp3) is 0.160. The highest BCUT2D eigenvalue weighted by molar-refractivity contribution is 6.14. The molecule has 0 saturated heterocycles. The van der Waals surface area contributed by atoms with Gasteiger partial charge in [0.15, 0.2) is 23.9 Å². The van der Waals surface area contributed by atoms with E-state index in [1.54, 1.807) is 24.3 Å². The lowest BCUT2D eigenvalue weighted by atomic mass is 9.98. The molecule has 1 N–H and O–H groups in total. The van der Waals surface area contributed by atoms with E-state index in [4.69, 9.17) is 14.2 Å². The zero-order valence-electron chi connectivity index (χ0n) is 18.2. The number of esters is 1. The molecule has 10 heteroatoms. The predicted molar refractivity (Wildman–Crippen MR) is 119 cm³/mol. The molecule has 3 aromatic rings. The van der Waals surface area contributed by atoms with Gasteiger partial charge < -0.3 is 24.3 Å². The van der Waals surface area contributed by atoms with Gasteiger partial charge in [0.1, 0.15) is 19.0 Å². The molecule has 0 bridgehead atoms. The second kappa shape index (κ2) is 10.6. The number of benzene rings is 3. The Morgan fingerprint density at radius 3 is 2.34 bits per heavy atom. The Labute approximate surface area is 198 Å². The van der Waals surface area contributed by atoms with Crippen LogP contribution in [0, 0.1) is 0 Å². The Balaban J connectivity index is 1.44. The molecule has 1 amide bonds. The van der Waals surface area contributed by atoms with Crippen LogP contribution in [0.5, 0.6) is 17.2 Å². The minimum atomic E-state index is -3.07. The third-order valence-corrected chi connectivity index (χ3v) is 4.91. The van der Waals surface area contributed by atoms with Crippen LogP contribution in [-0.2, 0) is 9.53 Å². The van der Waals surface area contributed by atoms with Gasteiger partial charge in [-0.3, -0.25) is 9.59 Å². The standard InChI is InChI=1S/C25H19F2NO7/c26-25(27)35-19-8-4-3-7-18(19)28-22(29)14-34-24(31)17-6-2-1-5-16(17)23(30)15-9-10-20-21(13-15)33-12-11-32-20/h1-10,13,25H,11-12,14H2,(H,28,29). The van der Waals surface area contributed by atoms with Crippen molar-refractivity contribution in [3.63, 3.8) is 0 Å². The lowest BCUT2D eigenvalue weighted by Crippen LogP contribution is -2.22. The lowest BCUT2D eigenvalue weighted by molar-refractivity contribution is -0.119. The van der Waals surface area contributed by atoms with Gasteiger partial charge in [0.25, 0.3) is 5.91 Å². The molecule has 0 fully saturated rings. The average Bonchev–Trinajstić information content (AvgIpc) is 2.87. The van der Waals surface area contributed by atoms with E-state index >= 15 is 0 Å². The number of alkyl halides is 2. The maximum Gasteiger partial charge on any atom is 0.387 e. The first-order chi connectivity index (χ1) is 16.9. The van der Waals surface area contributed by atoms with E-state index in [0.29, 0.717) is 24.7 Å². The highest BCUT2D eigenvalue weighted by Crippen LogP contribution is 2.32. The first kappa shape index (κ1) is 23.7. The number of ketones is 1. The molecule has 1 heterocycles. The number of halogens is 2. The first-order valence-corrected chi connectivity index (χ1v) is 10.5. The van der Waals surface area contributed by atoms with Crippen molar-refractivity contribution in [2.45, 2.75) is 6.61 Å². The summed E-state index contributed by atoms with van der Waals surface area (Å²) in [4.78, 5) is 38.0. The van der Waals surface area contributed by atoms with E-state index < -0.39 is 30.9 Å². The molecule has 4 rings (SSSR count). The molecule has 0 radical (unpaired) electrons. The van der Waals surface area contributed by atoms with Crippen LogP contribution < -0.4 is 19.5 Å². The molecule has 180 valence electrons. The van der Waals surface area contributed by atoms with Crippen molar-refractivity contribution in [3.8, 4) is 17.2 Å². The number of carbonyl (C=O) groups is 3. The van der Waals surface area contributed by atoms with E-state index in [0.717, 1.165) is 0 Å². The molecule has 0 aliphatic carbocycles. The average molecular weight is 483 g/mol. The number of rotatable bonds is 8. The van der Waals surface area contributed by atoms with Crippen LogP contribution >= 0.6 is 0 Å². The van der Waals surface area contributed by atoms with Crippen LogP contribution in [0.2, 0.25) is 0 Å². The Morgan fingerprint density at radius 2 is 1.57 bits per heavy atom. The van der Waals surface area contributed by atoms with Crippen molar-refractivity contribution in [3.05, 3.63) is 83.4 Å². The van der Waals surface area contributed by atoms with E-state index in [2.05, 4.69) is 10.1 Å². The SMILES string of the molecule is O=C(COC(=O)c1ccccc1C(=O)c1ccc2c(c1)OCCO2)Nc1ccccc1OC(F)F. The molecular weight excluding hydrogens is 464 g/mol. The Bertz CT molecular complexity index is 1260. The molecule has 0 spiro atoms. The molecule has 8 nitrogen and oxygen atoms in total. The predicted octanol–water partition coefficient (Wildman–Crippen LogP) is 4.09. The van der Waals surface area contributed by atoms with Crippen molar-refractivity contribution >= 4 is 23.3 Å². The Morgan fingerprint density at radius 1 is 0.886 bits per heavy atom. The minimum absolute atomic E-state index is 0.0111. The van der Waals surface area contributed by atoms with Crippen molar-refractivity contribution < 1.29 is 42.1 Å². The largest absolute Gasteiger partial charge is 0.486 e. The maximum atomic E-state index is 13.1. The summed E-state index contributed by atoms with van der Waals surface area (Å²) in [5, 5.41) is 2.35. The van der Waals surface area contributed by atoms with Gasteiger partial charge >= 0.3 is 12.6 Å². The summed E-state index contributed by atoms with van der Waals surface area (Å²) in [5.41, 5.74) is 0.304. The van der Waals surface area contributed by atoms with Crippen LogP contribution in [-0.4, -0.2) is 44.1 Å². The van der Waals surface area contributed by atoms with E-state index in [-0.39, 0.29) is 28.1 Å². The highest BCUT2D eigenvalue weighted by Gasteiger charge is 2.22. The van der Waals surface area contributed by atoms with Crippen LogP contribution in [0.15, 0.2) is 66.7 Å². The number of nitrogens with one attached hydrogen (secondary N) is 1. The first-order valence-electron chi connectivity index (χ1n) is 10.5. The molecule has 1 aliphatic rings. The van der Waals surface area contributed by atoms with Gasteiger partial charge in [-0.15, -0.1) is 0 Å². The summed E-state index contributed by atoms with van der Waals surface area (Å²) in [6, 6.07) is 16.3. The number of ether oxygens (including phenoxy) is 4. The quantitative estimate of drug-likeness (QED) is 0.381. The molecular formula is C25H19F2NO7. The molecule has 1 aliphatic heterocycles. The van der Waals surface area contributed by atoms with Crippen LogP contribution in [0.4, 0.5) is 14.5 Å². The summed E-state index contributed by atoms with van der Waals surface area (Å²) >= 11 is 0. The molecule has 0 saturated carbocycles. The summed E-state index contributed by atoms with van der Waals surface area (Å²) in [6.45, 7) is -3.02. The number of amides is 1. The normalized spacial score (nSPS) is 12.1. The second-order valence-electron chi connectivity index (χ2n) is 7.23. The number of carbonyl (C=O) groups excluding carboxylic acids is 3. The monoisotopic (exact) mass is 483 g/mol. The van der Waals surface area contributed by atoms with Gasteiger partial charge in [-0.25, -0.2) is 4.79 Å². The fourth-order valence-electron chi connectivity index (χ4n) is 3.36. The van der Waals surface area contributed by atoms with Gasteiger partial charge in [-0.05, 0) is 36.4 Å². The van der Waals surface area contributed by atoms with Gasteiger partial charge in [0.2, 0.25) is 0 Å². The van der Waals surface area contributed by atoms with E-state index in [1.165, 1.54) is 42.5 Å². The number of anilines is 1. The van der Waals surface area contributed by atoms with Crippen LogP contribution in [0.3, 0.4) is 0 Å². The number of hydrogen-bond donors (Lipinski definition) is 1. The molecule has 0 unspecified atom stereocenters. The van der Waals surface area contributed by atoms with Crippen molar-refractivity contribution in [2.75, 3.05) is 25.1 Å². The van der Waals surface area contributed by atoms with E-state index in [9.17, 15) is 23.2 Å². The maximum absolute atomic E-state index is 13.1. The third kappa shape index (κ3) is 5.72. The Hall–Kier alpha value is -4.47. The highest BCUT2D eigenvalue weighted by atomic mass is 19.3. The van der Waals surface area contributed by atoms with Gasteiger partial charge in [-0.2, -0.15) is 8.78 Å².